The van der Waals surface area contributed by atoms with Gasteiger partial charge in [-0.1, -0.05) is 83.2 Å². The van der Waals surface area contributed by atoms with E-state index >= 15 is 0 Å². The van der Waals surface area contributed by atoms with Crippen LogP contribution < -0.4 is 5.32 Å². The Morgan fingerprint density at radius 1 is 1.06 bits per heavy atom. The summed E-state index contributed by atoms with van der Waals surface area (Å²) in [6.07, 6.45) is 0. The molecule has 0 saturated heterocycles. The first-order chi connectivity index (χ1) is 15.0. The maximum absolute atomic E-state index is 12.9. The van der Waals surface area contributed by atoms with Gasteiger partial charge in [0.2, 0.25) is 5.91 Å². The largest absolute Gasteiger partial charge is 0.325 e. The van der Waals surface area contributed by atoms with Crippen molar-refractivity contribution in [2.75, 3.05) is 5.32 Å². The monoisotopic (exact) mass is 483 g/mol. The zero-order chi connectivity index (χ0) is 21.8. The number of benzene rings is 3. The molecule has 0 aliphatic heterocycles. The number of para-hydroxylation sites is 1. The number of hydrogen-bond acceptors (Lipinski definition) is 5. The average Bonchev–Trinajstić information content (AvgIpc) is 3.15. The molecule has 1 heterocycles. The minimum Gasteiger partial charge on any atom is -0.325 e. The van der Waals surface area contributed by atoms with Crippen LogP contribution >= 0.6 is 46.9 Å². The van der Waals surface area contributed by atoms with Crippen LogP contribution in [0.3, 0.4) is 0 Å². The average molecular weight is 484 g/mol. The van der Waals surface area contributed by atoms with Crippen LogP contribution in [0.15, 0.2) is 83.2 Å². The van der Waals surface area contributed by atoms with Crippen LogP contribution in [0.5, 0.6) is 0 Å². The molecular formula is C23H18ClN3OS3. The minimum absolute atomic E-state index is 0.0902. The molecule has 1 aromatic heterocycles. The number of anilines is 1. The van der Waals surface area contributed by atoms with E-state index in [9.17, 15) is 4.79 Å². The number of aromatic nitrogens is 2. The molecule has 0 aliphatic rings. The van der Waals surface area contributed by atoms with Gasteiger partial charge in [-0.2, -0.15) is 0 Å². The summed E-state index contributed by atoms with van der Waals surface area (Å²) in [5.41, 5.74) is 3.66. The van der Waals surface area contributed by atoms with Gasteiger partial charge in [-0.15, -0.1) is 5.10 Å². The van der Waals surface area contributed by atoms with Gasteiger partial charge >= 0.3 is 0 Å². The highest BCUT2D eigenvalue weighted by atomic mass is 35.5. The molecule has 3 aromatic carbocycles. The number of rotatable bonds is 6. The fourth-order valence-corrected chi connectivity index (χ4v) is 5.59. The Kier molecular flexibility index (Phi) is 6.87. The van der Waals surface area contributed by atoms with Gasteiger partial charge in [0, 0.05) is 16.3 Å². The molecule has 0 aliphatic carbocycles. The fourth-order valence-electron chi connectivity index (χ4n) is 2.95. The van der Waals surface area contributed by atoms with Gasteiger partial charge in [0.25, 0.3) is 0 Å². The Hall–Kier alpha value is -2.45. The second kappa shape index (κ2) is 9.78. The number of hydrogen-bond donors (Lipinski definition) is 1. The lowest BCUT2D eigenvalue weighted by Gasteiger charge is -2.14. The van der Waals surface area contributed by atoms with Crippen LogP contribution in [0.2, 0.25) is 5.02 Å². The highest BCUT2D eigenvalue weighted by Crippen LogP contribution is 2.31. The predicted molar refractivity (Wildman–Crippen MR) is 133 cm³/mol. The van der Waals surface area contributed by atoms with Gasteiger partial charge < -0.3 is 5.32 Å². The van der Waals surface area contributed by atoms with Crippen LogP contribution in [0.25, 0.3) is 16.8 Å². The molecule has 4 nitrogen and oxygen atoms in total. The van der Waals surface area contributed by atoms with Gasteiger partial charge in [0.1, 0.15) is 0 Å². The van der Waals surface area contributed by atoms with Crippen molar-refractivity contribution in [3.8, 4) is 16.8 Å². The number of carbonyl (C=O) groups excluding carboxylic acids is 1. The van der Waals surface area contributed by atoms with E-state index in [0.29, 0.717) is 8.98 Å². The summed E-state index contributed by atoms with van der Waals surface area (Å²) in [5, 5.41) is 7.94. The van der Waals surface area contributed by atoms with Crippen LogP contribution in [0, 0.1) is 3.95 Å². The molecule has 156 valence electrons. The van der Waals surface area contributed by atoms with Gasteiger partial charge in [-0.25, -0.2) is 4.68 Å². The zero-order valence-electron chi connectivity index (χ0n) is 16.5. The maximum Gasteiger partial charge on any atom is 0.237 e. The third kappa shape index (κ3) is 5.25. The van der Waals surface area contributed by atoms with Gasteiger partial charge in [-0.05, 0) is 55.0 Å². The van der Waals surface area contributed by atoms with E-state index in [2.05, 4.69) is 10.4 Å². The normalized spacial score (nSPS) is 11.8. The number of amides is 1. The summed E-state index contributed by atoms with van der Waals surface area (Å²) in [6.45, 7) is 1.86. The van der Waals surface area contributed by atoms with E-state index < -0.39 is 0 Å². The molecule has 1 amide bonds. The SMILES string of the molecule is CC(Sc1nn(-c2ccc(Cl)cc2)c(=S)s1)C(=O)Nc1ccccc1-c1ccccc1. The molecule has 4 aromatic rings. The molecule has 1 N–H and O–H groups in total. The Balaban J connectivity index is 1.49. The van der Waals surface area contributed by atoms with Crippen LogP contribution in [0.1, 0.15) is 6.92 Å². The quantitative estimate of drug-likeness (QED) is 0.234. The lowest BCUT2D eigenvalue weighted by Crippen LogP contribution is -2.22. The third-order valence-electron chi connectivity index (χ3n) is 4.52. The van der Waals surface area contributed by atoms with E-state index in [1.807, 2.05) is 73.7 Å². The van der Waals surface area contributed by atoms with E-state index in [-0.39, 0.29) is 11.2 Å². The first kappa shape index (κ1) is 21.8. The molecule has 0 fully saturated rings. The molecule has 0 spiro atoms. The Morgan fingerprint density at radius 2 is 1.74 bits per heavy atom. The summed E-state index contributed by atoms with van der Waals surface area (Å²) >= 11 is 14.2. The fraction of sp³-hybridized carbons (Fsp3) is 0.0870. The second-order valence-corrected chi connectivity index (χ2v) is 10.3. The topological polar surface area (TPSA) is 46.9 Å². The van der Waals surface area contributed by atoms with E-state index in [1.54, 1.807) is 16.8 Å². The zero-order valence-corrected chi connectivity index (χ0v) is 19.7. The van der Waals surface area contributed by atoms with Crippen LogP contribution in [-0.2, 0) is 4.79 Å². The van der Waals surface area contributed by atoms with Gasteiger partial charge in [0.15, 0.2) is 8.29 Å². The van der Waals surface area contributed by atoms with Gasteiger partial charge in [0.05, 0.1) is 10.9 Å². The van der Waals surface area contributed by atoms with Crippen molar-refractivity contribution in [1.82, 2.24) is 9.78 Å². The Labute approximate surface area is 198 Å². The molecule has 8 heteroatoms. The Bertz CT molecular complexity index is 1250. The van der Waals surface area contributed by atoms with E-state index in [1.165, 1.54) is 23.1 Å². The summed E-state index contributed by atoms with van der Waals surface area (Å²) in [6, 6.07) is 25.1. The molecule has 0 saturated carbocycles. The van der Waals surface area contributed by atoms with Crippen LogP contribution in [-0.4, -0.2) is 20.9 Å². The Morgan fingerprint density at radius 3 is 2.48 bits per heavy atom. The minimum atomic E-state index is -0.344. The number of carbonyl (C=O) groups is 1. The number of nitrogens with zero attached hydrogens (tertiary/aromatic N) is 2. The van der Waals surface area contributed by atoms with E-state index in [4.69, 9.17) is 23.8 Å². The first-order valence-corrected chi connectivity index (χ1v) is 12.0. The molecule has 0 radical (unpaired) electrons. The molecule has 0 bridgehead atoms. The number of thioether (sulfide) groups is 1. The summed E-state index contributed by atoms with van der Waals surface area (Å²) < 4.78 is 3.04. The summed E-state index contributed by atoms with van der Waals surface area (Å²) in [7, 11) is 0. The maximum atomic E-state index is 12.9. The van der Waals surface area contributed by atoms with Crippen molar-refractivity contribution in [3.05, 3.63) is 87.8 Å². The van der Waals surface area contributed by atoms with Crippen molar-refractivity contribution < 1.29 is 4.79 Å². The predicted octanol–water partition coefficient (Wildman–Crippen LogP) is 7.10. The lowest BCUT2D eigenvalue weighted by molar-refractivity contribution is -0.115. The second-order valence-electron chi connectivity index (χ2n) is 6.68. The summed E-state index contributed by atoms with van der Waals surface area (Å²) in [4.78, 5) is 12.9. The number of halogens is 1. The molecule has 1 unspecified atom stereocenters. The standard InChI is InChI=1S/C23H18ClN3OS3/c1-15(30-22-26-27(23(29)31-22)18-13-11-17(24)12-14-18)21(28)25-20-10-6-5-9-19(20)16-7-3-2-4-8-16/h2-15H,1H3,(H,25,28). The smallest absolute Gasteiger partial charge is 0.237 e. The van der Waals surface area contributed by atoms with Gasteiger partial charge in [-0.3, -0.25) is 4.79 Å². The first-order valence-electron chi connectivity index (χ1n) is 9.49. The number of nitrogens with one attached hydrogen (secondary N) is 1. The van der Waals surface area contributed by atoms with Crippen molar-refractivity contribution in [2.45, 2.75) is 16.5 Å². The summed E-state index contributed by atoms with van der Waals surface area (Å²) in [5.74, 6) is -0.0902. The lowest BCUT2D eigenvalue weighted by atomic mass is 10.0. The van der Waals surface area contributed by atoms with Crippen molar-refractivity contribution >= 4 is 58.5 Å². The molecule has 4 rings (SSSR count). The van der Waals surface area contributed by atoms with Crippen molar-refractivity contribution in [1.29, 1.82) is 0 Å². The van der Waals surface area contributed by atoms with Crippen LogP contribution in [0.4, 0.5) is 5.69 Å². The molecule has 31 heavy (non-hydrogen) atoms. The van der Waals surface area contributed by atoms with E-state index in [0.717, 1.165) is 26.8 Å². The molecule has 1 atom stereocenters. The highest BCUT2D eigenvalue weighted by molar-refractivity contribution is 8.02. The molecular weight excluding hydrogens is 466 g/mol. The van der Waals surface area contributed by atoms with Crippen molar-refractivity contribution in [2.24, 2.45) is 0 Å². The third-order valence-corrected chi connectivity index (χ3v) is 7.19. The van der Waals surface area contributed by atoms with Crippen molar-refractivity contribution in [3.63, 3.8) is 0 Å². The highest BCUT2D eigenvalue weighted by Gasteiger charge is 2.19.